The smallest absolute Gasteiger partial charge is 0.321 e. The molecule has 1 aliphatic heterocycles. The fourth-order valence-electron chi connectivity index (χ4n) is 2.75. The summed E-state index contributed by atoms with van der Waals surface area (Å²) in [7, 11) is 0. The molecule has 0 amide bonds. The Labute approximate surface area is 176 Å². The maximum absolute atomic E-state index is 11.1. The summed E-state index contributed by atoms with van der Waals surface area (Å²) in [4.78, 5) is 11.1. The van der Waals surface area contributed by atoms with E-state index in [0.717, 1.165) is 15.8 Å². The van der Waals surface area contributed by atoms with Crippen molar-refractivity contribution in [2.75, 3.05) is 25.6 Å². The zero-order valence-corrected chi connectivity index (χ0v) is 17.8. The van der Waals surface area contributed by atoms with Crippen LogP contribution in [-0.4, -0.2) is 42.7 Å². The summed E-state index contributed by atoms with van der Waals surface area (Å²) in [5, 5.41) is 12.2. The summed E-state index contributed by atoms with van der Waals surface area (Å²) in [5.74, 6) is 1.86. The van der Waals surface area contributed by atoms with Gasteiger partial charge < -0.3 is 19.3 Å². The van der Waals surface area contributed by atoms with Gasteiger partial charge in [-0.1, -0.05) is 18.2 Å². The van der Waals surface area contributed by atoms with E-state index in [-0.39, 0.29) is 5.37 Å². The molecule has 2 N–H and O–H groups in total. The first-order chi connectivity index (χ1) is 13.6. The molecule has 0 radical (unpaired) electrons. The number of ether oxygens (including phenoxy) is 3. The van der Waals surface area contributed by atoms with E-state index in [2.05, 4.69) is 21.2 Å². The number of carboxylic acids is 1. The number of para-hydroxylation sites is 2. The third kappa shape index (κ3) is 5.33. The lowest BCUT2D eigenvalue weighted by atomic mass is 10.2. The molecule has 1 saturated heterocycles. The molecule has 1 heterocycles. The normalized spacial score (nSPS) is 18.6. The number of rotatable bonds is 9. The van der Waals surface area contributed by atoms with Crippen molar-refractivity contribution in [3.05, 3.63) is 52.5 Å². The molecule has 2 aromatic carbocycles. The van der Waals surface area contributed by atoms with E-state index in [0.29, 0.717) is 37.1 Å². The second kappa shape index (κ2) is 10.0. The Balaban J connectivity index is 1.51. The highest BCUT2D eigenvalue weighted by Crippen LogP contribution is 2.36. The van der Waals surface area contributed by atoms with Gasteiger partial charge >= 0.3 is 5.97 Å². The number of carbonyl (C=O) groups is 1. The lowest BCUT2D eigenvalue weighted by Gasteiger charge is -2.15. The maximum Gasteiger partial charge on any atom is 0.321 e. The van der Waals surface area contributed by atoms with Gasteiger partial charge in [0, 0.05) is 5.75 Å². The van der Waals surface area contributed by atoms with Crippen LogP contribution in [0.5, 0.6) is 17.2 Å². The van der Waals surface area contributed by atoms with Gasteiger partial charge in [-0.25, -0.2) is 0 Å². The Hall–Kier alpha value is -1.90. The van der Waals surface area contributed by atoms with Crippen LogP contribution in [0.4, 0.5) is 0 Å². The van der Waals surface area contributed by atoms with Crippen molar-refractivity contribution in [2.45, 2.75) is 18.3 Å². The number of hydrogen-bond donors (Lipinski definition) is 2. The lowest BCUT2D eigenvalue weighted by molar-refractivity contribution is -0.138. The fraction of sp³-hybridized carbons (Fsp3) is 0.350. The molecule has 1 fully saturated rings. The van der Waals surface area contributed by atoms with Crippen molar-refractivity contribution >= 4 is 33.7 Å². The number of halogens is 1. The van der Waals surface area contributed by atoms with E-state index in [1.54, 1.807) is 11.8 Å². The maximum atomic E-state index is 11.1. The van der Waals surface area contributed by atoms with E-state index in [1.165, 1.54) is 0 Å². The lowest BCUT2D eigenvalue weighted by Crippen LogP contribution is -2.33. The van der Waals surface area contributed by atoms with Gasteiger partial charge in [0.2, 0.25) is 0 Å². The minimum Gasteiger partial charge on any atom is -0.490 e. The highest BCUT2D eigenvalue weighted by Gasteiger charge is 2.30. The minimum absolute atomic E-state index is 0.0372. The standard InChI is InChI=1S/C20H22BrNO5S/c1-2-25-17-5-3-4-6-18(17)27-10-9-26-16-8-7-13(11-14(16)21)19-22-15(12-28-19)20(23)24/h3-8,11,15,19,22H,2,9-10,12H2,1H3,(H,23,24). The minimum atomic E-state index is -0.820. The highest BCUT2D eigenvalue weighted by atomic mass is 79.9. The summed E-state index contributed by atoms with van der Waals surface area (Å²) in [6.07, 6.45) is 0. The van der Waals surface area contributed by atoms with E-state index >= 15 is 0 Å². The fourth-order valence-corrected chi connectivity index (χ4v) is 4.49. The highest BCUT2D eigenvalue weighted by molar-refractivity contribution is 9.10. The molecule has 0 bridgehead atoms. The van der Waals surface area contributed by atoms with Crippen molar-refractivity contribution in [3.8, 4) is 17.2 Å². The van der Waals surface area contributed by atoms with E-state index in [4.69, 9.17) is 19.3 Å². The summed E-state index contributed by atoms with van der Waals surface area (Å²) < 4.78 is 17.9. The SMILES string of the molecule is CCOc1ccccc1OCCOc1ccc(C2NC(C(=O)O)CS2)cc1Br. The average molecular weight is 468 g/mol. The number of benzene rings is 2. The van der Waals surface area contributed by atoms with Crippen LogP contribution in [-0.2, 0) is 4.79 Å². The molecule has 0 aliphatic carbocycles. The molecule has 28 heavy (non-hydrogen) atoms. The molecule has 1 aliphatic rings. The predicted octanol–water partition coefficient (Wildman–Crippen LogP) is 4.09. The van der Waals surface area contributed by atoms with Crippen molar-refractivity contribution in [1.82, 2.24) is 5.32 Å². The van der Waals surface area contributed by atoms with Crippen LogP contribution >= 0.6 is 27.7 Å². The Bertz CT molecular complexity index is 819. The molecular formula is C20H22BrNO5S. The molecule has 0 aromatic heterocycles. The van der Waals surface area contributed by atoms with Crippen molar-refractivity contribution in [1.29, 1.82) is 0 Å². The zero-order valence-electron chi connectivity index (χ0n) is 15.4. The average Bonchev–Trinajstić information content (AvgIpc) is 3.18. The van der Waals surface area contributed by atoms with Gasteiger partial charge in [-0.2, -0.15) is 0 Å². The first-order valence-electron chi connectivity index (χ1n) is 8.95. The summed E-state index contributed by atoms with van der Waals surface area (Å²) in [6, 6.07) is 12.8. The number of thioether (sulfide) groups is 1. The van der Waals surface area contributed by atoms with Crippen LogP contribution in [0, 0.1) is 0 Å². The topological polar surface area (TPSA) is 77.0 Å². The third-order valence-corrected chi connectivity index (χ3v) is 5.97. The molecule has 2 unspecified atom stereocenters. The van der Waals surface area contributed by atoms with Gasteiger partial charge in [0.15, 0.2) is 11.5 Å². The Morgan fingerprint density at radius 1 is 1.14 bits per heavy atom. The Morgan fingerprint density at radius 2 is 1.82 bits per heavy atom. The van der Waals surface area contributed by atoms with Crippen molar-refractivity contribution in [2.24, 2.45) is 0 Å². The van der Waals surface area contributed by atoms with Gasteiger partial charge in [-0.3, -0.25) is 10.1 Å². The molecule has 0 spiro atoms. The number of aliphatic carboxylic acids is 1. The van der Waals surface area contributed by atoms with Crippen LogP contribution in [0.15, 0.2) is 46.9 Å². The van der Waals surface area contributed by atoms with Crippen LogP contribution < -0.4 is 19.5 Å². The van der Waals surface area contributed by atoms with Gasteiger partial charge in [0.1, 0.15) is 25.0 Å². The molecule has 2 aromatic rings. The zero-order chi connectivity index (χ0) is 19.9. The van der Waals surface area contributed by atoms with Gasteiger partial charge in [0.05, 0.1) is 16.5 Å². The second-order valence-corrected chi connectivity index (χ2v) is 8.03. The number of carboxylic acid groups (broad SMARTS) is 1. The molecule has 150 valence electrons. The molecule has 2 atom stereocenters. The quantitative estimate of drug-likeness (QED) is 0.537. The van der Waals surface area contributed by atoms with Gasteiger partial charge in [-0.15, -0.1) is 11.8 Å². The van der Waals surface area contributed by atoms with Crippen LogP contribution in [0.3, 0.4) is 0 Å². The van der Waals surface area contributed by atoms with Gasteiger partial charge in [0.25, 0.3) is 0 Å². The molecule has 6 nitrogen and oxygen atoms in total. The van der Waals surface area contributed by atoms with E-state index < -0.39 is 12.0 Å². The monoisotopic (exact) mass is 467 g/mol. The first-order valence-corrected chi connectivity index (χ1v) is 10.8. The largest absolute Gasteiger partial charge is 0.490 e. The molecule has 0 saturated carbocycles. The summed E-state index contributed by atoms with van der Waals surface area (Å²) in [6.45, 7) is 3.29. The van der Waals surface area contributed by atoms with Gasteiger partial charge in [-0.05, 0) is 52.7 Å². The van der Waals surface area contributed by atoms with Crippen LogP contribution in [0.25, 0.3) is 0 Å². The summed E-state index contributed by atoms with van der Waals surface area (Å²) >= 11 is 5.11. The van der Waals surface area contributed by atoms with E-state index in [9.17, 15) is 4.79 Å². The molecular weight excluding hydrogens is 446 g/mol. The second-order valence-electron chi connectivity index (χ2n) is 6.04. The number of hydrogen-bond acceptors (Lipinski definition) is 6. The van der Waals surface area contributed by atoms with Crippen molar-refractivity contribution < 1.29 is 24.1 Å². The van der Waals surface area contributed by atoms with E-state index in [1.807, 2.05) is 49.4 Å². The van der Waals surface area contributed by atoms with Crippen molar-refractivity contribution in [3.63, 3.8) is 0 Å². The van der Waals surface area contributed by atoms with Crippen LogP contribution in [0.2, 0.25) is 0 Å². The predicted molar refractivity (Wildman–Crippen MR) is 113 cm³/mol. The molecule has 3 rings (SSSR count). The Kier molecular flexibility index (Phi) is 7.47. The third-order valence-electron chi connectivity index (χ3n) is 4.09. The summed E-state index contributed by atoms with van der Waals surface area (Å²) in [5.41, 5.74) is 1.01. The molecule has 8 heteroatoms. The first kappa shape index (κ1) is 20.8. The number of nitrogens with one attached hydrogen (secondary N) is 1. The Morgan fingerprint density at radius 3 is 2.43 bits per heavy atom. The van der Waals surface area contributed by atoms with Crippen LogP contribution in [0.1, 0.15) is 17.9 Å².